The van der Waals surface area contributed by atoms with Crippen LogP contribution in [0.3, 0.4) is 0 Å². The van der Waals surface area contributed by atoms with Crippen molar-refractivity contribution in [2.24, 2.45) is 11.7 Å². The van der Waals surface area contributed by atoms with E-state index in [0.29, 0.717) is 24.0 Å². The lowest BCUT2D eigenvalue weighted by Gasteiger charge is -2.38. The Balaban J connectivity index is 1.53. The van der Waals surface area contributed by atoms with E-state index >= 15 is 0 Å². The molecule has 0 radical (unpaired) electrons. The molecule has 2 N–H and O–H groups in total. The lowest BCUT2D eigenvalue weighted by molar-refractivity contribution is -0.136. The Morgan fingerprint density at radius 2 is 1.67 bits per heavy atom. The first kappa shape index (κ1) is 12.5. The first-order valence-corrected chi connectivity index (χ1v) is 7.81. The van der Waals surface area contributed by atoms with Crippen LogP contribution in [-0.2, 0) is 4.79 Å². The number of hydrogen-bond donors (Lipinski definition) is 1. The van der Waals surface area contributed by atoms with Crippen molar-refractivity contribution in [3.8, 4) is 0 Å². The highest BCUT2D eigenvalue weighted by Gasteiger charge is 2.41. The number of fused-ring (bicyclic) bond motifs is 2. The van der Waals surface area contributed by atoms with E-state index in [2.05, 4.69) is 4.90 Å². The fourth-order valence-corrected chi connectivity index (χ4v) is 4.38. The molecule has 3 aliphatic rings. The number of nitrogens with zero attached hydrogens (tertiary/aromatic N) is 1. The maximum atomic E-state index is 12.4. The number of nitrogens with two attached hydrogens (primary N) is 1. The van der Waals surface area contributed by atoms with Gasteiger partial charge in [-0.05, 0) is 38.0 Å². The maximum Gasteiger partial charge on any atom is 0.223 e. The van der Waals surface area contributed by atoms with E-state index in [9.17, 15) is 4.79 Å². The molecule has 3 nitrogen and oxygen atoms in total. The smallest absolute Gasteiger partial charge is 0.223 e. The molecule has 3 fully saturated rings. The van der Waals surface area contributed by atoms with Crippen molar-refractivity contribution in [1.29, 1.82) is 0 Å². The van der Waals surface area contributed by atoms with E-state index in [4.69, 9.17) is 5.73 Å². The van der Waals surface area contributed by atoms with E-state index in [-0.39, 0.29) is 0 Å². The molecule has 3 heteroatoms. The highest BCUT2D eigenvalue weighted by molar-refractivity contribution is 5.77. The SMILES string of the molecule is NC1CC2CCC(C1)N2C(=O)CCC1CCCC1. The molecular formula is C15H26N2O. The average Bonchev–Trinajstić information content (AvgIpc) is 2.94. The first-order valence-electron chi connectivity index (χ1n) is 7.81. The number of carbonyl (C=O) groups is 1. The molecule has 18 heavy (non-hydrogen) atoms. The van der Waals surface area contributed by atoms with Crippen LogP contribution in [0.1, 0.15) is 64.2 Å². The van der Waals surface area contributed by atoms with Gasteiger partial charge in [0.15, 0.2) is 0 Å². The summed E-state index contributed by atoms with van der Waals surface area (Å²) in [6.45, 7) is 0. The predicted molar refractivity (Wildman–Crippen MR) is 72.1 cm³/mol. The molecule has 2 bridgehead atoms. The lowest BCUT2D eigenvalue weighted by Crippen LogP contribution is -2.50. The molecule has 0 aromatic carbocycles. The van der Waals surface area contributed by atoms with Crippen molar-refractivity contribution in [3.63, 3.8) is 0 Å². The summed E-state index contributed by atoms with van der Waals surface area (Å²) in [5.74, 6) is 1.25. The van der Waals surface area contributed by atoms with Gasteiger partial charge in [0.05, 0.1) is 0 Å². The van der Waals surface area contributed by atoms with Crippen molar-refractivity contribution in [1.82, 2.24) is 4.90 Å². The van der Waals surface area contributed by atoms with Gasteiger partial charge in [0, 0.05) is 24.5 Å². The fourth-order valence-electron chi connectivity index (χ4n) is 4.38. The van der Waals surface area contributed by atoms with Crippen molar-refractivity contribution in [2.45, 2.75) is 82.3 Å². The second-order valence-corrected chi connectivity index (χ2v) is 6.61. The summed E-state index contributed by atoms with van der Waals surface area (Å²) in [6.07, 6.45) is 11.8. The summed E-state index contributed by atoms with van der Waals surface area (Å²) in [4.78, 5) is 14.6. The van der Waals surface area contributed by atoms with E-state index in [1.165, 1.54) is 38.5 Å². The van der Waals surface area contributed by atoms with Gasteiger partial charge in [-0.3, -0.25) is 4.79 Å². The molecule has 2 atom stereocenters. The summed E-state index contributed by atoms with van der Waals surface area (Å²) in [5.41, 5.74) is 6.05. The standard InChI is InChI=1S/C15H26N2O/c16-12-9-13-6-7-14(10-12)17(13)15(18)8-5-11-3-1-2-4-11/h11-14H,1-10,16H2. The van der Waals surface area contributed by atoms with E-state index in [1.807, 2.05) is 0 Å². The molecule has 1 saturated carbocycles. The molecule has 2 heterocycles. The molecule has 2 aliphatic heterocycles. The summed E-state index contributed by atoms with van der Waals surface area (Å²) in [5, 5.41) is 0. The van der Waals surface area contributed by atoms with Gasteiger partial charge in [-0.2, -0.15) is 0 Å². The largest absolute Gasteiger partial charge is 0.337 e. The van der Waals surface area contributed by atoms with Gasteiger partial charge in [0.2, 0.25) is 5.91 Å². The normalized spacial score (nSPS) is 36.3. The third-order valence-corrected chi connectivity index (χ3v) is 5.30. The van der Waals surface area contributed by atoms with Crippen LogP contribution in [0.5, 0.6) is 0 Å². The monoisotopic (exact) mass is 250 g/mol. The molecule has 0 spiro atoms. The minimum absolute atomic E-state index is 0.335. The number of hydrogen-bond acceptors (Lipinski definition) is 2. The van der Waals surface area contributed by atoms with E-state index in [1.54, 1.807) is 0 Å². The van der Waals surface area contributed by atoms with Gasteiger partial charge >= 0.3 is 0 Å². The molecule has 1 amide bonds. The van der Waals surface area contributed by atoms with Crippen LogP contribution in [-0.4, -0.2) is 28.9 Å². The minimum atomic E-state index is 0.335. The Bertz CT molecular complexity index is 298. The fraction of sp³-hybridized carbons (Fsp3) is 0.933. The van der Waals surface area contributed by atoms with Crippen LogP contribution >= 0.6 is 0 Å². The second kappa shape index (κ2) is 5.20. The number of piperidine rings is 1. The number of rotatable bonds is 3. The Hall–Kier alpha value is -0.570. The number of carbonyl (C=O) groups excluding carboxylic acids is 1. The molecule has 0 aromatic heterocycles. The molecule has 2 unspecified atom stereocenters. The zero-order valence-electron chi connectivity index (χ0n) is 11.3. The average molecular weight is 250 g/mol. The molecular weight excluding hydrogens is 224 g/mol. The molecule has 3 rings (SSSR count). The Morgan fingerprint density at radius 3 is 2.28 bits per heavy atom. The molecule has 1 aliphatic carbocycles. The third-order valence-electron chi connectivity index (χ3n) is 5.30. The van der Waals surface area contributed by atoms with Crippen molar-refractivity contribution in [3.05, 3.63) is 0 Å². The van der Waals surface area contributed by atoms with Gasteiger partial charge in [-0.25, -0.2) is 0 Å². The molecule has 102 valence electrons. The number of amides is 1. The van der Waals surface area contributed by atoms with Crippen LogP contribution in [0.2, 0.25) is 0 Å². The highest BCUT2D eigenvalue weighted by Crippen LogP contribution is 2.36. The summed E-state index contributed by atoms with van der Waals surface area (Å²) in [6, 6.07) is 1.27. The van der Waals surface area contributed by atoms with Gasteiger partial charge in [-0.1, -0.05) is 25.7 Å². The van der Waals surface area contributed by atoms with Crippen molar-refractivity contribution < 1.29 is 4.79 Å². The minimum Gasteiger partial charge on any atom is -0.337 e. The van der Waals surface area contributed by atoms with E-state index < -0.39 is 0 Å². The van der Waals surface area contributed by atoms with Crippen LogP contribution in [0.4, 0.5) is 0 Å². The zero-order chi connectivity index (χ0) is 12.5. The Morgan fingerprint density at radius 1 is 1.06 bits per heavy atom. The van der Waals surface area contributed by atoms with Crippen molar-refractivity contribution in [2.75, 3.05) is 0 Å². The second-order valence-electron chi connectivity index (χ2n) is 6.61. The molecule has 2 saturated heterocycles. The van der Waals surface area contributed by atoms with Gasteiger partial charge in [-0.15, -0.1) is 0 Å². The quantitative estimate of drug-likeness (QED) is 0.836. The summed E-state index contributed by atoms with van der Waals surface area (Å²) in [7, 11) is 0. The van der Waals surface area contributed by atoms with Gasteiger partial charge < -0.3 is 10.6 Å². The molecule has 0 aromatic rings. The summed E-state index contributed by atoms with van der Waals surface area (Å²) < 4.78 is 0. The first-order chi connectivity index (χ1) is 8.74. The summed E-state index contributed by atoms with van der Waals surface area (Å²) >= 11 is 0. The third kappa shape index (κ3) is 2.42. The topological polar surface area (TPSA) is 46.3 Å². The van der Waals surface area contributed by atoms with Gasteiger partial charge in [0.1, 0.15) is 0 Å². The highest BCUT2D eigenvalue weighted by atomic mass is 16.2. The van der Waals surface area contributed by atoms with Crippen LogP contribution in [0.25, 0.3) is 0 Å². The van der Waals surface area contributed by atoms with Crippen LogP contribution < -0.4 is 5.73 Å². The Labute approximate surface area is 110 Å². The lowest BCUT2D eigenvalue weighted by atomic mass is 9.96. The van der Waals surface area contributed by atoms with Crippen LogP contribution in [0.15, 0.2) is 0 Å². The Kier molecular flexibility index (Phi) is 3.60. The van der Waals surface area contributed by atoms with Gasteiger partial charge in [0.25, 0.3) is 0 Å². The predicted octanol–water partition coefficient (Wildman–Crippen LogP) is 2.44. The van der Waals surface area contributed by atoms with E-state index in [0.717, 1.165) is 31.6 Å². The maximum absolute atomic E-state index is 12.4. The van der Waals surface area contributed by atoms with Crippen molar-refractivity contribution >= 4 is 5.91 Å². The van der Waals surface area contributed by atoms with Crippen LogP contribution in [0, 0.1) is 5.92 Å². The zero-order valence-corrected chi connectivity index (χ0v) is 11.3.